The first kappa shape index (κ1) is 19.2. The Bertz CT molecular complexity index is 1240. The van der Waals surface area contributed by atoms with E-state index in [4.69, 9.17) is 4.42 Å². The average Bonchev–Trinajstić information content (AvgIpc) is 3.35. The number of aromatic amines is 1. The van der Waals surface area contributed by atoms with Crippen LogP contribution in [-0.4, -0.2) is 21.1 Å². The van der Waals surface area contributed by atoms with E-state index < -0.39 is 5.63 Å². The van der Waals surface area contributed by atoms with E-state index in [0.717, 1.165) is 15.8 Å². The van der Waals surface area contributed by atoms with Crippen molar-refractivity contribution in [1.82, 2.24) is 15.2 Å². The molecule has 0 bridgehead atoms. The molecule has 4 aromatic rings. The summed E-state index contributed by atoms with van der Waals surface area (Å²) in [6.45, 7) is 1.42. The third-order valence-electron chi connectivity index (χ3n) is 3.94. The summed E-state index contributed by atoms with van der Waals surface area (Å²) in [4.78, 5) is 28.7. The van der Waals surface area contributed by atoms with Crippen molar-refractivity contribution in [2.45, 2.75) is 17.8 Å². The fourth-order valence-corrected chi connectivity index (χ4v) is 4.13. The molecule has 1 amide bonds. The second kappa shape index (κ2) is 8.46. The van der Waals surface area contributed by atoms with Crippen molar-refractivity contribution in [3.63, 3.8) is 0 Å². The number of amides is 1. The molecular weight excluding hydrogens is 408 g/mol. The summed E-state index contributed by atoms with van der Waals surface area (Å²) >= 11 is 3.07. The van der Waals surface area contributed by atoms with E-state index in [1.165, 1.54) is 24.8 Å². The van der Waals surface area contributed by atoms with Crippen molar-refractivity contribution >= 4 is 57.8 Å². The van der Waals surface area contributed by atoms with Crippen LogP contribution in [0.15, 0.2) is 56.1 Å². The molecule has 3 heterocycles. The van der Waals surface area contributed by atoms with Crippen molar-refractivity contribution in [2.24, 2.45) is 0 Å². The number of thiophene rings is 1. The summed E-state index contributed by atoms with van der Waals surface area (Å²) in [5.41, 5.74) is 1.38. The molecule has 3 aromatic heterocycles. The Morgan fingerprint density at radius 1 is 1.31 bits per heavy atom. The van der Waals surface area contributed by atoms with E-state index >= 15 is 0 Å². The summed E-state index contributed by atoms with van der Waals surface area (Å²) in [5.74, 6) is 0.985. The Morgan fingerprint density at radius 2 is 2.21 bits per heavy atom. The molecule has 0 saturated carbocycles. The Balaban J connectivity index is 1.51. The summed E-state index contributed by atoms with van der Waals surface area (Å²) in [6.07, 6.45) is 3.85. The number of carbonyl (C=O) groups is 1. The molecular formula is C20H16N4O3S2. The highest BCUT2D eigenvalue weighted by molar-refractivity contribution is 7.98. The second-order valence-electron chi connectivity index (χ2n) is 6.12. The predicted octanol–water partition coefficient (Wildman–Crippen LogP) is 4.39. The molecule has 0 radical (unpaired) electrons. The summed E-state index contributed by atoms with van der Waals surface area (Å²) in [5, 5.41) is 13.2. The zero-order valence-corrected chi connectivity index (χ0v) is 17.0. The first-order valence-corrected chi connectivity index (χ1v) is 10.5. The number of nitrogens with one attached hydrogen (secondary N) is 2. The molecule has 9 heteroatoms. The molecule has 0 aliphatic heterocycles. The Hall–Kier alpha value is -3.17. The fraction of sp³-hybridized carbons (Fsp3) is 0.100. The summed E-state index contributed by atoms with van der Waals surface area (Å²) in [7, 11) is 0. The van der Waals surface area contributed by atoms with Crippen molar-refractivity contribution in [1.29, 1.82) is 0 Å². The largest absolute Gasteiger partial charge is 0.423 e. The minimum atomic E-state index is -0.442. The number of benzene rings is 1. The minimum Gasteiger partial charge on any atom is -0.423 e. The van der Waals surface area contributed by atoms with Crippen LogP contribution in [0.2, 0.25) is 0 Å². The van der Waals surface area contributed by atoms with Gasteiger partial charge in [-0.3, -0.25) is 9.89 Å². The smallest absolute Gasteiger partial charge is 0.336 e. The normalized spacial score (nSPS) is 11.3. The summed E-state index contributed by atoms with van der Waals surface area (Å²) in [6, 6.07) is 10.7. The molecule has 1 aromatic carbocycles. The highest BCUT2D eigenvalue weighted by Crippen LogP contribution is 2.26. The van der Waals surface area contributed by atoms with Gasteiger partial charge in [-0.15, -0.1) is 16.4 Å². The van der Waals surface area contributed by atoms with Gasteiger partial charge in [-0.25, -0.2) is 9.78 Å². The lowest BCUT2D eigenvalue weighted by atomic mass is 10.1. The number of hydrogen-bond donors (Lipinski definition) is 2. The number of carbonyl (C=O) groups excluding carboxylic acids is 1. The monoisotopic (exact) mass is 424 g/mol. The zero-order chi connectivity index (χ0) is 20.2. The van der Waals surface area contributed by atoms with Crippen molar-refractivity contribution in [3.05, 3.63) is 68.5 Å². The minimum absolute atomic E-state index is 0.188. The van der Waals surface area contributed by atoms with Crippen LogP contribution in [0.1, 0.15) is 23.2 Å². The molecule has 4 rings (SSSR count). The van der Waals surface area contributed by atoms with Gasteiger partial charge in [0, 0.05) is 40.8 Å². The first-order valence-electron chi connectivity index (χ1n) is 8.68. The van der Waals surface area contributed by atoms with Gasteiger partial charge in [0.2, 0.25) is 11.1 Å². The molecule has 0 fully saturated rings. The van der Waals surface area contributed by atoms with Gasteiger partial charge < -0.3 is 9.73 Å². The van der Waals surface area contributed by atoms with Crippen molar-refractivity contribution in [3.8, 4) is 0 Å². The van der Waals surface area contributed by atoms with E-state index in [1.54, 1.807) is 23.5 Å². The summed E-state index contributed by atoms with van der Waals surface area (Å²) < 4.78 is 5.29. The van der Waals surface area contributed by atoms with E-state index in [9.17, 15) is 9.59 Å². The maximum atomic E-state index is 11.9. The fourth-order valence-electron chi connectivity index (χ4n) is 2.72. The lowest BCUT2D eigenvalue weighted by Crippen LogP contribution is -2.06. The Morgan fingerprint density at radius 3 is 3.00 bits per heavy atom. The van der Waals surface area contributed by atoms with Crippen LogP contribution < -0.4 is 10.9 Å². The molecule has 0 unspecified atom stereocenters. The molecule has 0 aliphatic rings. The number of H-pyrrole nitrogens is 1. The topological polar surface area (TPSA) is 101 Å². The predicted molar refractivity (Wildman–Crippen MR) is 116 cm³/mol. The SMILES string of the molecule is CC(=O)Nc1ccc2c(CSc3n[nH]c(/C=C/c4cccs4)n3)cc(=O)oc2c1. The van der Waals surface area contributed by atoms with E-state index in [2.05, 4.69) is 20.5 Å². The molecule has 0 saturated heterocycles. The molecule has 7 nitrogen and oxygen atoms in total. The van der Waals surface area contributed by atoms with Crippen LogP contribution in [-0.2, 0) is 10.5 Å². The van der Waals surface area contributed by atoms with Crippen LogP contribution in [0, 0.1) is 0 Å². The Labute approximate surface area is 173 Å². The van der Waals surface area contributed by atoms with Gasteiger partial charge in [-0.05, 0) is 41.3 Å². The molecule has 0 atom stereocenters. The molecule has 0 spiro atoms. The van der Waals surface area contributed by atoms with Crippen molar-refractivity contribution in [2.75, 3.05) is 5.32 Å². The van der Waals surface area contributed by atoms with Crippen LogP contribution in [0.3, 0.4) is 0 Å². The van der Waals surface area contributed by atoms with Crippen LogP contribution in [0.4, 0.5) is 5.69 Å². The van der Waals surface area contributed by atoms with Gasteiger partial charge >= 0.3 is 5.63 Å². The van der Waals surface area contributed by atoms with Crippen LogP contribution in [0.25, 0.3) is 23.1 Å². The molecule has 29 heavy (non-hydrogen) atoms. The highest BCUT2D eigenvalue weighted by Gasteiger charge is 2.10. The maximum absolute atomic E-state index is 11.9. The third-order valence-corrected chi connectivity index (χ3v) is 5.67. The number of nitrogens with zero attached hydrogens (tertiary/aromatic N) is 2. The van der Waals surface area contributed by atoms with Gasteiger partial charge in [-0.1, -0.05) is 17.8 Å². The number of thioether (sulfide) groups is 1. The van der Waals surface area contributed by atoms with Gasteiger partial charge in [0.25, 0.3) is 0 Å². The van der Waals surface area contributed by atoms with Gasteiger partial charge in [0.1, 0.15) is 11.4 Å². The van der Waals surface area contributed by atoms with Crippen LogP contribution >= 0.6 is 23.1 Å². The quantitative estimate of drug-likeness (QED) is 0.352. The number of fused-ring (bicyclic) bond motifs is 1. The van der Waals surface area contributed by atoms with Crippen molar-refractivity contribution < 1.29 is 9.21 Å². The standard InChI is InChI=1S/C20H16N4O3S2/c1-12(25)21-14-4-6-16-13(9-19(26)27-17(16)10-14)11-29-20-22-18(23-24-20)7-5-15-3-2-8-28-15/h2-10H,11H2,1H3,(H,21,25)(H,22,23,24)/b7-5+. The number of rotatable bonds is 6. The number of aromatic nitrogens is 3. The average molecular weight is 425 g/mol. The van der Waals surface area contributed by atoms with E-state index in [0.29, 0.717) is 28.0 Å². The van der Waals surface area contributed by atoms with Gasteiger partial charge in [0.15, 0.2) is 0 Å². The second-order valence-corrected chi connectivity index (χ2v) is 8.05. The maximum Gasteiger partial charge on any atom is 0.336 e. The molecule has 146 valence electrons. The molecule has 0 aliphatic carbocycles. The van der Waals surface area contributed by atoms with Gasteiger partial charge in [-0.2, -0.15) is 0 Å². The van der Waals surface area contributed by atoms with Gasteiger partial charge in [0.05, 0.1) is 0 Å². The lowest BCUT2D eigenvalue weighted by molar-refractivity contribution is -0.114. The van der Waals surface area contributed by atoms with E-state index in [-0.39, 0.29) is 5.91 Å². The molecule has 2 N–H and O–H groups in total. The third kappa shape index (κ3) is 4.82. The number of hydrogen-bond acceptors (Lipinski definition) is 7. The lowest BCUT2D eigenvalue weighted by Gasteiger charge is -2.06. The highest BCUT2D eigenvalue weighted by atomic mass is 32.2. The Kier molecular flexibility index (Phi) is 5.59. The number of anilines is 1. The zero-order valence-electron chi connectivity index (χ0n) is 15.3. The van der Waals surface area contributed by atoms with Crippen LogP contribution in [0.5, 0.6) is 0 Å². The first-order chi connectivity index (χ1) is 14.1. The van der Waals surface area contributed by atoms with E-state index in [1.807, 2.05) is 35.7 Å².